The van der Waals surface area contributed by atoms with Crippen molar-refractivity contribution in [3.63, 3.8) is 0 Å². The topological polar surface area (TPSA) is 38.4 Å². The van der Waals surface area contributed by atoms with E-state index >= 15 is 0 Å². The lowest BCUT2D eigenvalue weighted by atomic mass is 10.8. The molecule has 2 nitrogen and oxygen atoms in total. The predicted octanol–water partition coefficient (Wildman–Crippen LogP) is 1.62. The number of nitrogens with zero attached hydrogens (tertiary/aromatic N) is 1. The third-order valence-electron chi connectivity index (χ3n) is 0.698. The van der Waals surface area contributed by atoms with E-state index in [0.29, 0.717) is 18.3 Å². The van der Waals surface area contributed by atoms with E-state index in [0.717, 1.165) is 0 Å². The van der Waals surface area contributed by atoms with Gasteiger partial charge in [0.15, 0.2) is 5.17 Å². The van der Waals surface area contributed by atoms with E-state index in [2.05, 4.69) is 4.99 Å². The zero-order valence-corrected chi connectivity index (χ0v) is 6.80. The van der Waals surface area contributed by atoms with Crippen molar-refractivity contribution in [2.45, 2.75) is 13.1 Å². The maximum Gasteiger partial charge on any atom is 0.398 e. The lowest BCUT2D eigenvalue weighted by Crippen LogP contribution is -2.16. The summed E-state index contributed by atoms with van der Waals surface area (Å²) in [6, 6.07) is 0. The Morgan fingerprint density at radius 1 is 1.55 bits per heavy atom. The largest absolute Gasteiger partial charge is 0.398 e. The lowest BCUT2D eigenvalue weighted by molar-refractivity contribution is -0.105. The van der Waals surface area contributed by atoms with Gasteiger partial charge in [-0.3, -0.25) is 4.99 Å². The first-order chi connectivity index (χ1) is 4.95. The van der Waals surface area contributed by atoms with Crippen molar-refractivity contribution in [3.05, 3.63) is 0 Å². The molecule has 0 bridgehead atoms. The molecule has 11 heavy (non-hydrogen) atoms. The highest BCUT2D eigenvalue weighted by molar-refractivity contribution is 8.13. The van der Waals surface area contributed by atoms with Gasteiger partial charge in [-0.1, -0.05) is 11.8 Å². The zero-order valence-electron chi connectivity index (χ0n) is 5.98. The summed E-state index contributed by atoms with van der Waals surface area (Å²) in [4.78, 5) is 3.59. The Kier molecular flexibility index (Phi) is 4.32. The lowest BCUT2D eigenvalue weighted by Gasteiger charge is -2.03. The summed E-state index contributed by atoms with van der Waals surface area (Å²) in [5.41, 5.74) is 5.10. The molecular weight excluding hydrogens is 177 g/mol. The van der Waals surface area contributed by atoms with E-state index in [1.165, 1.54) is 0 Å². The van der Waals surface area contributed by atoms with Gasteiger partial charge in [0.05, 0.1) is 5.75 Å². The minimum Gasteiger partial charge on any atom is -0.379 e. The van der Waals surface area contributed by atoms with Crippen LogP contribution >= 0.6 is 11.8 Å². The number of nitrogens with two attached hydrogens (primary N) is 1. The van der Waals surface area contributed by atoms with Crippen LogP contribution in [0.25, 0.3) is 0 Å². The third-order valence-corrected chi connectivity index (χ3v) is 1.59. The first-order valence-corrected chi connectivity index (χ1v) is 3.93. The summed E-state index contributed by atoms with van der Waals surface area (Å²) in [6.45, 7) is 2.12. The van der Waals surface area contributed by atoms with Crippen molar-refractivity contribution in [1.29, 1.82) is 0 Å². The molecule has 0 fully saturated rings. The maximum absolute atomic E-state index is 11.5. The van der Waals surface area contributed by atoms with Crippen molar-refractivity contribution in [1.82, 2.24) is 0 Å². The Morgan fingerprint density at radius 3 is 2.45 bits per heavy atom. The molecule has 0 aliphatic carbocycles. The Morgan fingerprint density at radius 2 is 2.09 bits per heavy atom. The summed E-state index contributed by atoms with van der Waals surface area (Å²) < 4.78 is 34.6. The number of alkyl halides is 3. The van der Waals surface area contributed by atoms with E-state index in [1.807, 2.05) is 0 Å². The van der Waals surface area contributed by atoms with Crippen LogP contribution in [-0.4, -0.2) is 23.6 Å². The number of amidine groups is 1. The molecular formula is C5H9F3N2S. The highest BCUT2D eigenvalue weighted by atomic mass is 32.2. The van der Waals surface area contributed by atoms with E-state index in [9.17, 15) is 13.2 Å². The fourth-order valence-corrected chi connectivity index (χ4v) is 0.889. The molecule has 0 spiro atoms. The van der Waals surface area contributed by atoms with Crippen LogP contribution in [0.15, 0.2) is 4.99 Å². The van der Waals surface area contributed by atoms with Crippen molar-refractivity contribution >= 4 is 16.9 Å². The molecule has 0 atom stereocenters. The molecule has 6 heteroatoms. The summed E-state index contributed by atoms with van der Waals surface area (Å²) in [6.07, 6.45) is -4.17. The molecule has 0 aliphatic heterocycles. The molecule has 0 saturated heterocycles. The average Bonchev–Trinajstić information content (AvgIpc) is 1.83. The van der Waals surface area contributed by atoms with Crippen LogP contribution in [0.2, 0.25) is 0 Å². The van der Waals surface area contributed by atoms with Gasteiger partial charge in [0.1, 0.15) is 0 Å². The van der Waals surface area contributed by atoms with Gasteiger partial charge < -0.3 is 5.73 Å². The molecule has 0 aliphatic rings. The highest BCUT2D eigenvalue weighted by Crippen LogP contribution is 2.20. The molecule has 0 aromatic heterocycles. The SMILES string of the molecule is CCN=C(N)SCC(F)(F)F. The van der Waals surface area contributed by atoms with Crippen LogP contribution < -0.4 is 5.73 Å². The quantitative estimate of drug-likeness (QED) is 0.525. The molecule has 0 aromatic carbocycles. The van der Waals surface area contributed by atoms with Crippen LogP contribution in [-0.2, 0) is 0 Å². The molecule has 66 valence electrons. The molecule has 0 saturated carbocycles. The molecule has 0 heterocycles. The fourth-order valence-electron chi connectivity index (χ4n) is 0.357. The van der Waals surface area contributed by atoms with Gasteiger partial charge in [0, 0.05) is 6.54 Å². The van der Waals surface area contributed by atoms with E-state index in [4.69, 9.17) is 5.73 Å². The van der Waals surface area contributed by atoms with Gasteiger partial charge in [0.25, 0.3) is 0 Å². The van der Waals surface area contributed by atoms with Gasteiger partial charge >= 0.3 is 6.18 Å². The maximum atomic E-state index is 11.5. The molecule has 0 aromatic rings. The highest BCUT2D eigenvalue weighted by Gasteiger charge is 2.27. The third kappa shape index (κ3) is 7.51. The van der Waals surface area contributed by atoms with Crippen LogP contribution in [0.5, 0.6) is 0 Å². The van der Waals surface area contributed by atoms with E-state index in [1.54, 1.807) is 6.92 Å². The number of thioether (sulfide) groups is 1. The second kappa shape index (κ2) is 4.48. The van der Waals surface area contributed by atoms with Crippen LogP contribution in [0.3, 0.4) is 0 Å². The number of aliphatic imine (C=N–C) groups is 1. The average molecular weight is 186 g/mol. The Hall–Kier alpha value is -0.390. The standard InChI is InChI=1S/C5H9F3N2S/c1-2-10-4(9)11-3-5(6,7)8/h2-3H2,1H3,(H2,9,10). The molecule has 0 amide bonds. The molecule has 0 radical (unpaired) electrons. The Labute approximate surface area is 67.1 Å². The van der Waals surface area contributed by atoms with Crippen LogP contribution in [0.1, 0.15) is 6.92 Å². The zero-order chi connectivity index (χ0) is 8.91. The summed E-state index contributed by atoms with van der Waals surface area (Å²) in [5.74, 6) is -0.970. The smallest absolute Gasteiger partial charge is 0.379 e. The first kappa shape index (κ1) is 10.6. The molecule has 2 N–H and O–H groups in total. The van der Waals surface area contributed by atoms with Gasteiger partial charge in [-0.05, 0) is 6.92 Å². The van der Waals surface area contributed by atoms with Crippen molar-refractivity contribution in [3.8, 4) is 0 Å². The summed E-state index contributed by atoms with van der Waals surface area (Å²) >= 11 is 0.511. The monoisotopic (exact) mass is 186 g/mol. The van der Waals surface area contributed by atoms with Crippen LogP contribution in [0.4, 0.5) is 13.2 Å². The molecule has 0 rings (SSSR count). The van der Waals surface area contributed by atoms with Crippen molar-refractivity contribution < 1.29 is 13.2 Å². The van der Waals surface area contributed by atoms with Gasteiger partial charge in [-0.15, -0.1) is 0 Å². The van der Waals surface area contributed by atoms with Crippen molar-refractivity contribution in [2.75, 3.05) is 12.3 Å². The Balaban J connectivity index is 3.62. The number of halogens is 3. The second-order valence-electron chi connectivity index (χ2n) is 1.72. The van der Waals surface area contributed by atoms with E-state index in [-0.39, 0.29) is 5.17 Å². The first-order valence-electron chi connectivity index (χ1n) is 2.95. The van der Waals surface area contributed by atoms with Gasteiger partial charge in [0.2, 0.25) is 0 Å². The minimum absolute atomic E-state index is 0.00942. The minimum atomic E-state index is -4.17. The number of hydrogen-bond donors (Lipinski definition) is 1. The van der Waals surface area contributed by atoms with Crippen LogP contribution in [0, 0.1) is 0 Å². The number of hydrogen-bond acceptors (Lipinski definition) is 2. The fraction of sp³-hybridized carbons (Fsp3) is 0.800. The van der Waals surface area contributed by atoms with Gasteiger partial charge in [-0.25, -0.2) is 0 Å². The summed E-state index contributed by atoms with van der Waals surface area (Å²) in [5, 5.41) is -0.00942. The normalized spacial score (nSPS) is 13.6. The predicted molar refractivity (Wildman–Crippen MR) is 40.7 cm³/mol. The number of rotatable bonds is 2. The van der Waals surface area contributed by atoms with E-state index < -0.39 is 11.9 Å². The summed E-state index contributed by atoms with van der Waals surface area (Å²) in [7, 11) is 0. The van der Waals surface area contributed by atoms with Gasteiger partial charge in [-0.2, -0.15) is 13.2 Å². The Bertz CT molecular complexity index is 143. The van der Waals surface area contributed by atoms with Crippen molar-refractivity contribution in [2.24, 2.45) is 10.7 Å². The second-order valence-corrected chi connectivity index (χ2v) is 2.71. The molecule has 0 unspecified atom stereocenters.